The van der Waals surface area contributed by atoms with Gasteiger partial charge in [0.25, 0.3) is 5.91 Å². The molecule has 162 valence electrons. The maximum Gasteiger partial charge on any atom is 0.325 e. The van der Waals surface area contributed by atoms with E-state index in [9.17, 15) is 19.2 Å². The number of para-hydroxylation sites is 2. The summed E-state index contributed by atoms with van der Waals surface area (Å²) < 4.78 is 10.0. The number of hydrogen-bond donors (Lipinski definition) is 2. The zero-order valence-electron chi connectivity index (χ0n) is 17.1. The maximum atomic E-state index is 12.6. The molecule has 9 nitrogen and oxygen atoms in total. The Labute approximate surface area is 179 Å². The highest BCUT2D eigenvalue weighted by molar-refractivity contribution is 6.00. The second kappa shape index (κ2) is 10.2. The lowest BCUT2D eigenvalue weighted by atomic mass is 10.1. The van der Waals surface area contributed by atoms with E-state index in [-0.39, 0.29) is 31.2 Å². The number of hydrogen-bond acceptors (Lipinski definition) is 6. The fraction of sp³-hybridized carbons (Fsp3) is 0.273. The lowest BCUT2D eigenvalue weighted by Gasteiger charge is -2.29. The van der Waals surface area contributed by atoms with Gasteiger partial charge in [-0.2, -0.15) is 0 Å². The van der Waals surface area contributed by atoms with Crippen molar-refractivity contribution < 1.29 is 28.7 Å². The number of rotatable bonds is 7. The van der Waals surface area contributed by atoms with Gasteiger partial charge in [-0.25, -0.2) is 0 Å². The highest BCUT2D eigenvalue weighted by Gasteiger charge is 2.23. The van der Waals surface area contributed by atoms with E-state index in [4.69, 9.17) is 4.74 Å². The van der Waals surface area contributed by atoms with Crippen LogP contribution >= 0.6 is 0 Å². The minimum Gasteiger partial charge on any atom is -0.490 e. The molecule has 0 radical (unpaired) electrons. The summed E-state index contributed by atoms with van der Waals surface area (Å²) in [5.41, 5.74) is 1.54. The van der Waals surface area contributed by atoms with Crippen LogP contribution in [0.4, 0.5) is 11.4 Å². The van der Waals surface area contributed by atoms with Crippen LogP contribution in [0.1, 0.15) is 23.2 Å². The van der Waals surface area contributed by atoms with Crippen molar-refractivity contribution in [1.82, 2.24) is 5.32 Å². The van der Waals surface area contributed by atoms with E-state index in [1.165, 1.54) is 19.2 Å². The van der Waals surface area contributed by atoms with Gasteiger partial charge >= 0.3 is 5.97 Å². The Morgan fingerprint density at radius 1 is 1.03 bits per heavy atom. The van der Waals surface area contributed by atoms with Gasteiger partial charge in [0.05, 0.1) is 19.3 Å². The number of esters is 1. The third kappa shape index (κ3) is 5.81. The van der Waals surface area contributed by atoms with Crippen molar-refractivity contribution in [2.45, 2.75) is 12.8 Å². The van der Waals surface area contributed by atoms with Gasteiger partial charge < -0.3 is 25.0 Å². The summed E-state index contributed by atoms with van der Waals surface area (Å²) in [6.07, 6.45) is 0.0912. The third-order valence-corrected chi connectivity index (χ3v) is 4.65. The van der Waals surface area contributed by atoms with Crippen LogP contribution in [0.5, 0.6) is 5.75 Å². The number of carbonyl (C=O) groups is 4. The number of nitrogens with zero attached hydrogens (tertiary/aromatic N) is 1. The minimum absolute atomic E-state index is 0.0275. The molecule has 0 saturated heterocycles. The Bertz CT molecular complexity index is 973. The van der Waals surface area contributed by atoms with Crippen molar-refractivity contribution in [3.8, 4) is 5.75 Å². The highest BCUT2D eigenvalue weighted by atomic mass is 16.5. The van der Waals surface area contributed by atoms with Crippen molar-refractivity contribution >= 4 is 35.1 Å². The van der Waals surface area contributed by atoms with Gasteiger partial charge in [-0.05, 0) is 36.4 Å². The molecule has 2 aromatic rings. The lowest BCUT2D eigenvalue weighted by Crippen LogP contribution is -2.38. The Morgan fingerprint density at radius 2 is 1.77 bits per heavy atom. The van der Waals surface area contributed by atoms with E-state index in [1.807, 2.05) is 18.2 Å². The number of fused-ring (bicyclic) bond motifs is 1. The Hall–Kier alpha value is -3.88. The molecule has 0 atom stereocenters. The van der Waals surface area contributed by atoms with Gasteiger partial charge in [0.15, 0.2) is 0 Å². The van der Waals surface area contributed by atoms with E-state index >= 15 is 0 Å². The highest BCUT2D eigenvalue weighted by Crippen LogP contribution is 2.31. The number of nitrogens with one attached hydrogen (secondary N) is 2. The third-order valence-electron chi connectivity index (χ3n) is 4.65. The van der Waals surface area contributed by atoms with Gasteiger partial charge in [-0.15, -0.1) is 0 Å². The van der Waals surface area contributed by atoms with Crippen molar-refractivity contribution in [2.75, 3.05) is 37.0 Å². The van der Waals surface area contributed by atoms with Crippen molar-refractivity contribution in [1.29, 1.82) is 0 Å². The number of methoxy groups -OCH3 is 1. The molecular formula is C22H23N3O6. The van der Waals surface area contributed by atoms with Crippen molar-refractivity contribution in [2.24, 2.45) is 0 Å². The zero-order chi connectivity index (χ0) is 22.2. The molecule has 0 bridgehead atoms. The van der Waals surface area contributed by atoms with E-state index in [0.717, 1.165) is 0 Å². The molecule has 31 heavy (non-hydrogen) atoms. The summed E-state index contributed by atoms with van der Waals surface area (Å²) in [4.78, 5) is 49.5. The van der Waals surface area contributed by atoms with Gasteiger partial charge in [0.2, 0.25) is 11.8 Å². The van der Waals surface area contributed by atoms with E-state index in [2.05, 4.69) is 15.4 Å². The molecule has 2 aromatic carbocycles. The number of carbonyl (C=O) groups excluding carboxylic acids is 4. The van der Waals surface area contributed by atoms with Gasteiger partial charge in [0.1, 0.15) is 18.9 Å². The van der Waals surface area contributed by atoms with Gasteiger partial charge in [-0.3, -0.25) is 19.2 Å². The Kier molecular flexibility index (Phi) is 7.21. The molecule has 1 heterocycles. The average molecular weight is 425 g/mol. The minimum atomic E-state index is -0.549. The van der Waals surface area contributed by atoms with Crippen LogP contribution in [-0.4, -0.2) is 50.5 Å². The molecule has 0 aromatic heterocycles. The van der Waals surface area contributed by atoms with Crippen LogP contribution in [0.25, 0.3) is 0 Å². The van der Waals surface area contributed by atoms with E-state index in [0.29, 0.717) is 35.8 Å². The summed E-state index contributed by atoms with van der Waals surface area (Å²) in [7, 11) is 1.24. The number of amides is 3. The first-order valence-corrected chi connectivity index (χ1v) is 9.75. The number of anilines is 2. The van der Waals surface area contributed by atoms with Crippen molar-refractivity contribution in [3.05, 3.63) is 54.1 Å². The van der Waals surface area contributed by atoms with Gasteiger partial charge in [0, 0.05) is 24.1 Å². The maximum absolute atomic E-state index is 12.6. The predicted octanol–water partition coefficient (Wildman–Crippen LogP) is 1.73. The smallest absolute Gasteiger partial charge is 0.325 e. The second-order valence-corrected chi connectivity index (χ2v) is 6.75. The molecule has 1 aliphatic rings. The molecular weight excluding hydrogens is 402 g/mol. The average Bonchev–Trinajstić information content (AvgIpc) is 2.80. The summed E-state index contributed by atoms with van der Waals surface area (Å²) in [5.74, 6) is -0.782. The molecule has 0 saturated carbocycles. The molecule has 9 heteroatoms. The molecule has 0 fully saturated rings. The van der Waals surface area contributed by atoms with E-state index < -0.39 is 11.9 Å². The van der Waals surface area contributed by atoms with Gasteiger partial charge in [-0.1, -0.05) is 12.1 Å². The Balaban J connectivity index is 1.48. The summed E-state index contributed by atoms with van der Waals surface area (Å²) in [6.45, 7) is 0.626. The summed E-state index contributed by atoms with van der Waals surface area (Å²) >= 11 is 0. The second-order valence-electron chi connectivity index (χ2n) is 6.75. The largest absolute Gasteiger partial charge is 0.490 e. The first kappa shape index (κ1) is 21.8. The Morgan fingerprint density at radius 3 is 2.52 bits per heavy atom. The van der Waals surface area contributed by atoms with Crippen LogP contribution in [0.15, 0.2) is 48.5 Å². The topological polar surface area (TPSA) is 114 Å². The molecule has 0 unspecified atom stereocenters. The first-order chi connectivity index (χ1) is 15.0. The molecule has 0 spiro atoms. The SMILES string of the molecule is COC(=O)CNC(=O)c1ccc(NC(=O)CCC(=O)N2CCOc3ccccc32)cc1. The summed E-state index contributed by atoms with van der Waals surface area (Å²) in [5, 5.41) is 5.13. The summed E-state index contributed by atoms with van der Waals surface area (Å²) in [6, 6.07) is 13.5. The van der Waals surface area contributed by atoms with Crippen LogP contribution in [0.2, 0.25) is 0 Å². The molecule has 3 amide bonds. The van der Waals surface area contributed by atoms with Crippen LogP contribution in [0.3, 0.4) is 0 Å². The van der Waals surface area contributed by atoms with Crippen molar-refractivity contribution in [3.63, 3.8) is 0 Å². The molecule has 0 aliphatic carbocycles. The fourth-order valence-electron chi connectivity index (χ4n) is 3.04. The van der Waals surface area contributed by atoms with Crippen LogP contribution in [-0.2, 0) is 19.1 Å². The monoisotopic (exact) mass is 425 g/mol. The quantitative estimate of drug-likeness (QED) is 0.653. The fourth-order valence-corrected chi connectivity index (χ4v) is 3.04. The van der Waals surface area contributed by atoms with Crippen LogP contribution < -0.4 is 20.3 Å². The first-order valence-electron chi connectivity index (χ1n) is 9.75. The number of ether oxygens (including phenoxy) is 2. The molecule has 2 N–H and O–H groups in total. The number of benzene rings is 2. The normalized spacial score (nSPS) is 12.2. The zero-order valence-corrected chi connectivity index (χ0v) is 17.1. The predicted molar refractivity (Wildman–Crippen MR) is 113 cm³/mol. The standard InChI is InChI=1S/C22H23N3O6/c1-30-21(28)14-23-22(29)15-6-8-16(9-7-15)24-19(26)10-11-20(27)25-12-13-31-18-5-3-2-4-17(18)25/h2-9H,10-14H2,1H3,(H,23,29)(H,24,26). The lowest BCUT2D eigenvalue weighted by molar-refractivity contribution is -0.139. The van der Waals surface area contributed by atoms with Crippen LogP contribution in [0, 0.1) is 0 Å². The van der Waals surface area contributed by atoms with E-state index in [1.54, 1.807) is 23.1 Å². The molecule has 1 aliphatic heterocycles. The molecule has 3 rings (SSSR count).